The van der Waals surface area contributed by atoms with Crippen molar-refractivity contribution >= 4 is 17.6 Å². The maximum Gasteiger partial charge on any atom is 0.330 e. The topological polar surface area (TPSA) is 103 Å². The van der Waals surface area contributed by atoms with Crippen LogP contribution in [0.1, 0.15) is 31.7 Å². The van der Waals surface area contributed by atoms with Gasteiger partial charge in [0.1, 0.15) is 6.61 Å². The Morgan fingerprint density at radius 2 is 2.05 bits per heavy atom. The Balaban J connectivity index is 1.75. The van der Waals surface area contributed by atoms with Crippen molar-refractivity contribution in [1.29, 1.82) is 0 Å². The quantitative estimate of drug-likeness (QED) is 0.422. The van der Waals surface area contributed by atoms with Crippen LogP contribution in [0, 0.1) is 5.92 Å². The molecule has 0 saturated heterocycles. The van der Waals surface area contributed by atoms with E-state index in [1.54, 1.807) is 20.2 Å². The van der Waals surface area contributed by atoms with Gasteiger partial charge in [0, 0.05) is 36.9 Å². The van der Waals surface area contributed by atoms with Crippen LogP contribution in [0.25, 0.3) is 0 Å². The fourth-order valence-electron chi connectivity index (χ4n) is 4.51. The maximum atomic E-state index is 12.2. The summed E-state index contributed by atoms with van der Waals surface area (Å²) in [5.74, 6) is 0.216. The molecule has 0 bridgehead atoms. The van der Waals surface area contributed by atoms with Crippen LogP contribution in [-0.2, 0) is 24.9 Å². The Morgan fingerprint density at radius 3 is 2.70 bits per heavy atom. The van der Waals surface area contributed by atoms with Gasteiger partial charge in [0.25, 0.3) is 5.56 Å². The van der Waals surface area contributed by atoms with E-state index in [1.807, 2.05) is 30.4 Å². The zero-order chi connectivity index (χ0) is 26.9. The molecule has 0 amide bonds. The van der Waals surface area contributed by atoms with Crippen LogP contribution >= 0.6 is 11.6 Å². The molecule has 200 valence electrons. The molecule has 2 unspecified atom stereocenters. The van der Waals surface area contributed by atoms with Gasteiger partial charge >= 0.3 is 11.7 Å². The van der Waals surface area contributed by atoms with Crippen LogP contribution in [0.2, 0.25) is 0 Å². The maximum absolute atomic E-state index is 12.2. The number of hydrogen-bond acceptors (Lipinski definition) is 6. The second kappa shape index (κ2) is 13.3. The van der Waals surface area contributed by atoms with E-state index in [4.69, 9.17) is 21.1 Å². The van der Waals surface area contributed by atoms with E-state index in [2.05, 4.69) is 11.8 Å². The Hall–Kier alpha value is -3.30. The third kappa shape index (κ3) is 7.60. The summed E-state index contributed by atoms with van der Waals surface area (Å²) in [4.78, 5) is 38.1. The summed E-state index contributed by atoms with van der Waals surface area (Å²) in [5, 5.41) is 10.3. The summed E-state index contributed by atoms with van der Waals surface area (Å²) in [6.45, 7) is 3.56. The first-order chi connectivity index (χ1) is 17.7. The number of aliphatic carboxylic acids is 1. The van der Waals surface area contributed by atoms with Crippen LogP contribution in [0.5, 0.6) is 11.5 Å². The average molecular weight is 532 g/mol. The van der Waals surface area contributed by atoms with Gasteiger partial charge in [-0.25, -0.2) is 4.79 Å². The van der Waals surface area contributed by atoms with E-state index in [0.717, 1.165) is 23.1 Å². The molecule has 1 N–H and O–H groups in total. The molecular weight excluding hydrogens is 498 g/mol. The lowest BCUT2D eigenvalue weighted by Crippen LogP contribution is -2.42. The molecule has 0 saturated carbocycles. The fraction of sp³-hybridized carbons (Fsp3) is 0.444. The molecule has 0 aliphatic heterocycles. The summed E-state index contributed by atoms with van der Waals surface area (Å²) in [6.07, 6.45) is 8.79. The highest BCUT2D eigenvalue weighted by molar-refractivity contribution is 6.31. The van der Waals surface area contributed by atoms with E-state index < -0.39 is 11.7 Å². The normalized spacial score (nSPS) is 15.9. The van der Waals surface area contributed by atoms with Crippen LogP contribution in [0.4, 0.5) is 0 Å². The zero-order valence-corrected chi connectivity index (χ0v) is 22.2. The highest BCUT2D eigenvalue weighted by Crippen LogP contribution is 2.31. The molecule has 0 fully saturated rings. The number of halogens is 1. The number of methoxy groups -OCH3 is 1. The van der Waals surface area contributed by atoms with E-state index in [0.29, 0.717) is 29.5 Å². The molecule has 3 rings (SSSR count). The van der Waals surface area contributed by atoms with Crippen molar-refractivity contribution in [2.45, 2.75) is 45.3 Å². The third-order valence-electron chi connectivity index (χ3n) is 6.37. The van der Waals surface area contributed by atoms with Gasteiger partial charge in [0.2, 0.25) is 0 Å². The molecule has 1 aromatic heterocycles. The Morgan fingerprint density at radius 1 is 1.27 bits per heavy atom. The molecule has 2 atom stereocenters. The van der Waals surface area contributed by atoms with E-state index in [9.17, 15) is 19.5 Å². The number of hydrogen-bond donors (Lipinski definition) is 1. The zero-order valence-electron chi connectivity index (χ0n) is 21.4. The largest absolute Gasteiger partial charge is 0.493 e. The minimum Gasteiger partial charge on any atom is -0.493 e. The lowest BCUT2D eigenvalue weighted by atomic mass is 9.89. The van der Waals surface area contributed by atoms with Gasteiger partial charge in [0.15, 0.2) is 11.5 Å². The van der Waals surface area contributed by atoms with Gasteiger partial charge in [-0.15, -0.1) is 0 Å². The smallest absolute Gasteiger partial charge is 0.330 e. The van der Waals surface area contributed by atoms with Crippen LogP contribution in [-0.4, -0.2) is 51.4 Å². The molecule has 0 radical (unpaired) electrons. The first-order valence-corrected chi connectivity index (χ1v) is 12.7. The van der Waals surface area contributed by atoms with Crippen molar-refractivity contribution in [3.8, 4) is 11.5 Å². The van der Waals surface area contributed by atoms with Crippen molar-refractivity contribution in [2.75, 3.05) is 20.3 Å². The lowest BCUT2D eigenvalue weighted by molar-refractivity contribution is -0.139. The number of ether oxygens (including phenoxy) is 2. The van der Waals surface area contributed by atoms with E-state index in [-0.39, 0.29) is 37.1 Å². The molecule has 9 nitrogen and oxygen atoms in total. The molecule has 1 aliphatic rings. The second-order valence-corrected chi connectivity index (χ2v) is 9.45. The SMILES string of the molecule is CCCN(Cc1ccc(OCCn2c(=O)ccn(C)c2=O)c(OC)c1)C(CC(=O)O)C1C=CC(Cl)=CC1. The number of benzene rings is 1. The summed E-state index contributed by atoms with van der Waals surface area (Å²) in [5.41, 5.74) is 0.164. The molecule has 2 aromatic rings. The number of aryl methyl sites for hydroxylation is 1. The first-order valence-electron chi connectivity index (χ1n) is 12.3. The Labute approximate surface area is 221 Å². The second-order valence-electron chi connectivity index (χ2n) is 9.02. The summed E-state index contributed by atoms with van der Waals surface area (Å²) in [7, 11) is 3.13. The summed E-state index contributed by atoms with van der Waals surface area (Å²) >= 11 is 6.09. The number of carboxylic acids is 1. The Bertz CT molecular complexity index is 1270. The van der Waals surface area contributed by atoms with E-state index >= 15 is 0 Å². The highest BCUT2D eigenvalue weighted by Gasteiger charge is 2.29. The van der Waals surface area contributed by atoms with Gasteiger partial charge in [-0.3, -0.25) is 19.1 Å². The predicted molar refractivity (Wildman–Crippen MR) is 142 cm³/mol. The minimum absolute atomic E-state index is 0.0249. The van der Waals surface area contributed by atoms with Gasteiger partial charge in [0.05, 0.1) is 20.1 Å². The number of aromatic nitrogens is 2. The molecule has 37 heavy (non-hydrogen) atoms. The third-order valence-corrected chi connectivity index (χ3v) is 6.65. The van der Waals surface area contributed by atoms with Crippen molar-refractivity contribution in [3.63, 3.8) is 0 Å². The predicted octanol–water partition coefficient (Wildman–Crippen LogP) is 3.39. The standard InChI is InChI=1S/C27H34ClN3O6/c1-4-12-30(22(17-26(33)34)20-6-8-21(28)9-7-20)18-19-5-10-23(24(16-19)36-3)37-15-14-31-25(32)11-13-29(2)27(31)35/h5-6,8-11,13,16,20,22H,4,7,12,14-15,17-18H2,1-3H3,(H,33,34). The van der Waals surface area contributed by atoms with Crippen LogP contribution in [0.3, 0.4) is 0 Å². The van der Waals surface area contributed by atoms with Gasteiger partial charge in [-0.2, -0.15) is 0 Å². The fourth-order valence-corrected chi connectivity index (χ4v) is 4.67. The van der Waals surface area contributed by atoms with Gasteiger partial charge < -0.3 is 19.1 Å². The molecule has 1 aliphatic carbocycles. The van der Waals surface area contributed by atoms with Crippen molar-refractivity contribution in [3.05, 3.63) is 80.1 Å². The first kappa shape index (κ1) is 28.3. The number of allylic oxidation sites excluding steroid dienone is 3. The van der Waals surface area contributed by atoms with Gasteiger partial charge in [-0.05, 0) is 49.1 Å². The number of carboxylic acid groups (broad SMARTS) is 1. The van der Waals surface area contributed by atoms with Crippen LogP contribution < -0.4 is 20.7 Å². The molecular formula is C27H34ClN3O6. The van der Waals surface area contributed by atoms with Crippen LogP contribution in [0.15, 0.2) is 63.3 Å². The van der Waals surface area contributed by atoms with Crippen molar-refractivity contribution in [1.82, 2.24) is 14.0 Å². The molecule has 1 heterocycles. The molecule has 0 spiro atoms. The molecule has 1 aromatic carbocycles. The highest BCUT2D eigenvalue weighted by atomic mass is 35.5. The monoisotopic (exact) mass is 531 g/mol. The number of rotatable bonds is 13. The van der Waals surface area contributed by atoms with E-state index in [1.165, 1.54) is 16.8 Å². The number of carbonyl (C=O) groups is 1. The van der Waals surface area contributed by atoms with Gasteiger partial charge in [-0.1, -0.05) is 36.7 Å². The Kier molecular flexibility index (Phi) is 10.2. The minimum atomic E-state index is -0.839. The average Bonchev–Trinajstić information content (AvgIpc) is 2.87. The molecule has 10 heteroatoms. The van der Waals surface area contributed by atoms with Crippen molar-refractivity contribution in [2.24, 2.45) is 13.0 Å². The van der Waals surface area contributed by atoms with Crippen molar-refractivity contribution < 1.29 is 19.4 Å². The lowest BCUT2D eigenvalue weighted by Gasteiger charge is -2.36. The summed E-state index contributed by atoms with van der Waals surface area (Å²) in [6, 6.07) is 6.73. The number of nitrogens with zero attached hydrogens (tertiary/aromatic N) is 3. The summed E-state index contributed by atoms with van der Waals surface area (Å²) < 4.78 is 13.8.